The first kappa shape index (κ1) is 12.0. The molecule has 0 spiro atoms. The summed E-state index contributed by atoms with van der Waals surface area (Å²) in [5.41, 5.74) is 11.9. The van der Waals surface area contributed by atoms with Gasteiger partial charge in [-0.2, -0.15) is 4.98 Å². The Morgan fingerprint density at radius 3 is 2.50 bits per heavy atom. The molecule has 100 valence electrons. The van der Waals surface area contributed by atoms with E-state index in [9.17, 15) is 5.11 Å². The highest BCUT2D eigenvalue weighted by molar-refractivity contribution is 5.95. The second kappa shape index (κ2) is 4.58. The molecule has 1 heterocycles. The first-order valence-electron chi connectivity index (χ1n) is 5.92. The van der Waals surface area contributed by atoms with E-state index in [0.29, 0.717) is 22.4 Å². The largest absolute Gasteiger partial charge is 0.508 e. The number of benzene rings is 2. The highest BCUT2D eigenvalue weighted by Crippen LogP contribution is 2.35. The van der Waals surface area contributed by atoms with Gasteiger partial charge in [-0.3, -0.25) is 0 Å². The van der Waals surface area contributed by atoms with Gasteiger partial charge in [-0.1, -0.05) is 18.2 Å². The van der Waals surface area contributed by atoms with Crippen molar-refractivity contribution in [1.82, 2.24) is 9.97 Å². The van der Waals surface area contributed by atoms with Crippen LogP contribution < -0.4 is 16.2 Å². The topological polar surface area (TPSA) is 107 Å². The molecule has 0 fully saturated rings. The molecule has 0 unspecified atom stereocenters. The summed E-state index contributed by atoms with van der Waals surface area (Å²) >= 11 is 0. The Morgan fingerprint density at radius 2 is 1.75 bits per heavy atom. The summed E-state index contributed by atoms with van der Waals surface area (Å²) in [6.07, 6.45) is 0. The third kappa shape index (κ3) is 2.14. The first-order chi connectivity index (χ1) is 9.63. The fraction of sp³-hybridized carbons (Fsp3) is 0. The van der Waals surface area contributed by atoms with Gasteiger partial charge in [-0.05, 0) is 12.1 Å². The van der Waals surface area contributed by atoms with Crippen LogP contribution in [0, 0.1) is 0 Å². The number of phenolic OH excluding ortho intramolecular Hbond substituents is 1. The Bertz CT molecular complexity index is 770. The van der Waals surface area contributed by atoms with E-state index in [1.54, 1.807) is 12.1 Å². The number of fused-ring (bicyclic) bond motifs is 1. The van der Waals surface area contributed by atoms with Crippen molar-refractivity contribution in [3.63, 3.8) is 0 Å². The molecule has 6 heteroatoms. The zero-order valence-electron chi connectivity index (χ0n) is 10.4. The minimum Gasteiger partial charge on any atom is -0.508 e. The Morgan fingerprint density at radius 1 is 1.00 bits per heavy atom. The van der Waals surface area contributed by atoms with Crippen molar-refractivity contribution in [2.75, 3.05) is 11.5 Å². The van der Waals surface area contributed by atoms with Crippen LogP contribution in [0.4, 0.5) is 11.8 Å². The molecule has 20 heavy (non-hydrogen) atoms. The van der Waals surface area contributed by atoms with Crippen LogP contribution in [0.3, 0.4) is 0 Å². The quantitative estimate of drug-likeness (QED) is 0.658. The van der Waals surface area contributed by atoms with E-state index in [-0.39, 0.29) is 17.5 Å². The second-order valence-electron chi connectivity index (χ2n) is 4.22. The summed E-state index contributed by atoms with van der Waals surface area (Å²) in [5.74, 6) is 1.27. The lowest BCUT2D eigenvalue weighted by molar-refractivity contribution is 0.459. The van der Waals surface area contributed by atoms with Crippen LogP contribution in [-0.4, -0.2) is 15.1 Å². The van der Waals surface area contributed by atoms with Gasteiger partial charge in [0, 0.05) is 12.1 Å². The summed E-state index contributed by atoms with van der Waals surface area (Å²) in [6, 6.07) is 12.1. The van der Waals surface area contributed by atoms with E-state index in [4.69, 9.17) is 16.2 Å². The van der Waals surface area contributed by atoms with Crippen LogP contribution in [0.15, 0.2) is 42.5 Å². The fourth-order valence-electron chi connectivity index (χ4n) is 1.96. The van der Waals surface area contributed by atoms with E-state index >= 15 is 0 Å². The number of para-hydroxylation sites is 1. The Balaban J connectivity index is 2.19. The molecular formula is C14H12N4O2. The molecule has 0 radical (unpaired) electrons. The first-order valence-corrected chi connectivity index (χ1v) is 5.92. The monoisotopic (exact) mass is 268 g/mol. The number of aromatic nitrogens is 2. The number of phenols is 1. The molecular weight excluding hydrogens is 256 g/mol. The van der Waals surface area contributed by atoms with E-state index in [0.717, 1.165) is 0 Å². The number of hydrogen-bond acceptors (Lipinski definition) is 6. The van der Waals surface area contributed by atoms with Crippen molar-refractivity contribution in [3.8, 4) is 17.2 Å². The summed E-state index contributed by atoms with van der Waals surface area (Å²) in [7, 11) is 0. The SMILES string of the molecule is Nc1nc(N)c2c(Oc3ccccc3)cc(O)cc2n1. The molecule has 3 rings (SSSR count). The number of nitrogen functional groups attached to an aromatic ring is 2. The Kier molecular flexibility index (Phi) is 2.76. The highest BCUT2D eigenvalue weighted by atomic mass is 16.5. The molecule has 0 aliphatic rings. The molecule has 5 N–H and O–H groups in total. The third-order valence-electron chi connectivity index (χ3n) is 2.76. The number of ether oxygens (including phenoxy) is 1. The van der Waals surface area contributed by atoms with Crippen molar-refractivity contribution in [3.05, 3.63) is 42.5 Å². The van der Waals surface area contributed by atoms with E-state index in [1.165, 1.54) is 12.1 Å². The van der Waals surface area contributed by atoms with Gasteiger partial charge in [-0.15, -0.1) is 0 Å². The van der Waals surface area contributed by atoms with Crippen LogP contribution in [0.1, 0.15) is 0 Å². The summed E-state index contributed by atoms with van der Waals surface area (Å²) in [5, 5.41) is 10.3. The minimum atomic E-state index is 0.0148. The van der Waals surface area contributed by atoms with Crippen molar-refractivity contribution >= 4 is 22.7 Å². The van der Waals surface area contributed by atoms with Crippen LogP contribution in [0.25, 0.3) is 10.9 Å². The number of hydrogen-bond donors (Lipinski definition) is 3. The van der Waals surface area contributed by atoms with Crippen LogP contribution in [0.5, 0.6) is 17.2 Å². The van der Waals surface area contributed by atoms with Gasteiger partial charge in [0.2, 0.25) is 5.95 Å². The predicted molar refractivity (Wildman–Crippen MR) is 76.5 cm³/mol. The number of nitrogens with zero attached hydrogens (tertiary/aromatic N) is 2. The lowest BCUT2D eigenvalue weighted by Crippen LogP contribution is -2.01. The van der Waals surface area contributed by atoms with Gasteiger partial charge in [-0.25, -0.2) is 4.98 Å². The molecule has 0 aliphatic heterocycles. The third-order valence-corrected chi connectivity index (χ3v) is 2.76. The average Bonchev–Trinajstić information content (AvgIpc) is 2.38. The molecule has 6 nitrogen and oxygen atoms in total. The van der Waals surface area contributed by atoms with Crippen LogP contribution >= 0.6 is 0 Å². The van der Waals surface area contributed by atoms with Crippen molar-refractivity contribution in [1.29, 1.82) is 0 Å². The number of rotatable bonds is 2. The smallest absolute Gasteiger partial charge is 0.222 e. The van der Waals surface area contributed by atoms with Gasteiger partial charge in [0.05, 0.1) is 10.9 Å². The molecule has 1 aromatic heterocycles. The van der Waals surface area contributed by atoms with Gasteiger partial charge >= 0.3 is 0 Å². The number of nitrogens with two attached hydrogens (primary N) is 2. The zero-order chi connectivity index (χ0) is 14.1. The van der Waals surface area contributed by atoms with Gasteiger partial charge < -0.3 is 21.3 Å². The Hall–Kier alpha value is -3.02. The van der Waals surface area contributed by atoms with Crippen LogP contribution in [0.2, 0.25) is 0 Å². The van der Waals surface area contributed by atoms with E-state index in [2.05, 4.69) is 9.97 Å². The predicted octanol–water partition coefficient (Wildman–Crippen LogP) is 2.29. The molecule has 0 saturated heterocycles. The van der Waals surface area contributed by atoms with Gasteiger partial charge in [0.1, 0.15) is 23.1 Å². The number of anilines is 2. The molecule has 0 amide bonds. The fourth-order valence-corrected chi connectivity index (χ4v) is 1.96. The standard InChI is InChI=1S/C14H12N4O2/c15-13-12-10(17-14(16)18-13)6-8(19)7-11(12)20-9-4-2-1-3-5-9/h1-7,19H,(H4,15,16,17,18). The maximum Gasteiger partial charge on any atom is 0.222 e. The highest BCUT2D eigenvalue weighted by Gasteiger charge is 2.12. The molecule has 3 aromatic rings. The second-order valence-corrected chi connectivity index (χ2v) is 4.22. The average molecular weight is 268 g/mol. The van der Waals surface area contributed by atoms with Gasteiger partial charge in [0.25, 0.3) is 0 Å². The number of aromatic hydroxyl groups is 1. The maximum absolute atomic E-state index is 9.75. The zero-order valence-corrected chi connectivity index (χ0v) is 10.4. The van der Waals surface area contributed by atoms with Gasteiger partial charge in [0.15, 0.2) is 0 Å². The molecule has 0 atom stereocenters. The molecule has 0 bridgehead atoms. The van der Waals surface area contributed by atoms with E-state index in [1.807, 2.05) is 18.2 Å². The van der Waals surface area contributed by atoms with Crippen molar-refractivity contribution < 1.29 is 9.84 Å². The maximum atomic E-state index is 9.75. The normalized spacial score (nSPS) is 10.6. The minimum absolute atomic E-state index is 0.0148. The molecule has 0 saturated carbocycles. The van der Waals surface area contributed by atoms with Crippen molar-refractivity contribution in [2.45, 2.75) is 0 Å². The van der Waals surface area contributed by atoms with Crippen molar-refractivity contribution in [2.24, 2.45) is 0 Å². The lowest BCUT2D eigenvalue weighted by atomic mass is 10.2. The molecule has 0 aliphatic carbocycles. The lowest BCUT2D eigenvalue weighted by Gasteiger charge is -2.11. The Labute approximate surface area is 114 Å². The summed E-state index contributed by atoms with van der Waals surface area (Å²) in [4.78, 5) is 7.96. The van der Waals surface area contributed by atoms with E-state index < -0.39 is 0 Å². The summed E-state index contributed by atoms with van der Waals surface area (Å²) in [6.45, 7) is 0. The molecule has 2 aromatic carbocycles. The van der Waals surface area contributed by atoms with Crippen LogP contribution in [-0.2, 0) is 0 Å². The summed E-state index contributed by atoms with van der Waals surface area (Å²) < 4.78 is 5.73.